The van der Waals surface area contributed by atoms with Crippen molar-refractivity contribution in [3.63, 3.8) is 0 Å². The lowest BCUT2D eigenvalue weighted by atomic mass is 10.0. The molecule has 0 saturated carbocycles. The van der Waals surface area contributed by atoms with Crippen molar-refractivity contribution in [1.29, 1.82) is 0 Å². The Hall–Kier alpha value is -0.160. The van der Waals surface area contributed by atoms with Crippen molar-refractivity contribution in [3.8, 4) is 0 Å². The molecule has 0 spiro atoms. The summed E-state index contributed by atoms with van der Waals surface area (Å²) in [4.78, 5) is 0. The molecule has 1 N–H and O–H groups in total. The Balaban J connectivity index is 2.39. The van der Waals surface area contributed by atoms with Gasteiger partial charge in [-0.1, -0.05) is 35.0 Å². The fourth-order valence-corrected chi connectivity index (χ4v) is 3.76. The van der Waals surface area contributed by atoms with Crippen molar-refractivity contribution in [3.05, 3.63) is 55.1 Å². The number of hydrogen-bond donors (Lipinski definition) is 1. The van der Waals surface area contributed by atoms with Gasteiger partial charge < -0.3 is 5.32 Å². The molecule has 2 rings (SSSR count). The van der Waals surface area contributed by atoms with Gasteiger partial charge >= 0.3 is 0 Å². The first kappa shape index (κ1) is 13.3. The van der Waals surface area contributed by atoms with Gasteiger partial charge in [0.25, 0.3) is 0 Å². The molecule has 1 heterocycles. The maximum atomic E-state index is 3.61. The highest BCUT2D eigenvalue weighted by molar-refractivity contribution is 9.10. The number of benzene rings is 1. The number of hydrogen-bond acceptors (Lipinski definition) is 2. The smallest absolute Gasteiger partial charge is 0.0596 e. The molecular formula is C13H13Br2NS. The number of rotatable bonds is 4. The van der Waals surface area contributed by atoms with Crippen LogP contribution in [-0.2, 0) is 0 Å². The standard InChI is InChI=1S/C13H13Br2NS/c1-2-16-13(11-7-17-8-12(11)15)9-4-3-5-10(14)6-9/h3-8,13,16H,2H2,1H3. The number of nitrogens with one attached hydrogen (secondary N) is 1. The quantitative estimate of drug-likeness (QED) is 0.796. The predicted octanol–water partition coefficient (Wildman–Crippen LogP) is 4.97. The molecule has 17 heavy (non-hydrogen) atoms. The molecule has 90 valence electrons. The average Bonchev–Trinajstić information content (AvgIpc) is 2.72. The van der Waals surface area contributed by atoms with Crippen molar-refractivity contribution in [2.75, 3.05) is 6.54 Å². The van der Waals surface area contributed by atoms with E-state index in [1.165, 1.54) is 15.6 Å². The van der Waals surface area contributed by atoms with E-state index in [9.17, 15) is 0 Å². The first-order valence-corrected chi connectivity index (χ1v) is 7.95. The Labute approximate surface area is 123 Å². The van der Waals surface area contributed by atoms with Gasteiger partial charge in [0.2, 0.25) is 0 Å². The summed E-state index contributed by atoms with van der Waals surface area (Å²) < 4.78 is 2.29. The zero-order valence-electron chi connectivity index (χ0n) is 9.41. The summed E-state index contributed by atoms with van der Waals surface area (Å²) in [5.41, 5.74) is 2.58. The Morgan fingerprint density at radius 1 is 1.29 bits per heavy atom. The van der Waals surface area contributed by atoms with Gasteiger partial charge in [-0.2, -0.15) is 11.3 Å². The zero-order valence-corrected chi connectivity index (χ0v) is 13.4. The van der Waals surface area contributed by atoms with Crippen molar-refractivity contribution >= 4 is 43.2 Å². The summed E-state index contributed by atoms with van der Waals surface area (Å²) in [5.74, 6) is 0. The van der Waals surface area contributed by atoms with Gasteiger partial charge in [-0.25, -0.2) is 0 Å². The summed E-state index contributed by atoms with van der Waals surface area (Å²) in [7, 11) is 0. The van der Waals surface area contributed by atoms with Crippen molar-refractivity contribution in [1.82, 2.24) is 5.32 Å². The second-order valence-corrected chi connectivity index (χ2v) is 6.23. The summed E-state index contributed by atoms with van der Waals surface area (Å²) in [5, 5.41) is 7.84. The molecule has 1 aromatic heterocycles. The van der Waals surface area contributed by atoms with Gasteiger partial charge in [0, 0.05) is 14.3 Å². The van der Waals surface area contributed by atoms with E-state index < -0.39 is 0 Å². The minimum atomic E-state index is 0.248. The normalized spacial score (nSPS) is 12.6. The summed E-state index contributed by atoms with van der Waals surface area (Å²) in [6.45, 7) is 3.07. The van der Waals surface area contributed by atoms with Crippen LogP contribution in [0.15, 0.2) is 44.0 Å². The summed E-state index contributed by atoms with van der Waals surface area (Å²) >= 11 is 8.86. The van der Waals surface area contributed by atoms with Gasteiger partial charge in [0.1, 0.15) is 0 Å². The molecule has 0 radical (unpaired) electrons. The predicted molar refractivity (Wildman–Crippen MR) is 81.7 cm³/mol. The van der Waals surface area contributed by atoms with Gasteiger partial charge in [-0.15, -0.1) is 0 Å². The third-order valence-corrected chi connectivity index (χ3v) is 4.79. The Morgan fingerprint density at radius 3 is 2.71 bits per heavy atom. The molecule has 1 atom stereocenters. The van der Waals surface area contributed by atoms with Crippen LogP contribution in [-0.4, -0.2) is 6.54 Å². The molecule has 0 aliphatic rings. The third-order valence-electron chi connectivity index (χ3n) is 2.54. The SMILES string of the molecule is CCNC(c1cccc(Br)c1)c1cscc1Br. The van der Waals surface area contributed by atoms with E-state index in [0.29, 0.717) is 0 Å². The van der Waals surface area contributed by atoms with Gasteiger partial charge in [-0.3, -0.25) is 0 Å². The lowest BCUT2D eigenvalue weighted by molar-refractivity contribution is 0.630. The van der Waals surface area contributed by atoms with E-state index in [1.54, 1.807) is 11.3 Å². The zero-order chi connectivity index (χ0) is 12.3. The summed E-state index contributed by atoms with van der Waals surface area (Å²) in [6, 6.07) is 8.69. The van der Waals surface area contributed by atoms with Crippen LogP contribution in [0.3, 0.4) is 0 Å². The Kier molecular flexibility index (Phi) is 4.79. The highest BCUT2D eigenvalue weighted by Gasteiger charge is 2.16. The van der Waals surface area contributed by atoms with Crippen LogP contribution in [0.1, 0.15) is 24.1 Å². The monoisotopic (exact) mass is 373 g/mol. The van der Waals surface area contributed by atoms with E-state index >= 15 is 0 Å². The van der Waals surface area contributed by atoms with E-state index in [4.69, 9.17) is 0 Å². The molecule has 0 bridgehead atoms. The first-order chi connectivity index (χ1) is 8.22. The largest absolute Gasteiger partial charge is 0.306 e. The molecule has 1 nitrogen and oxygen atoms in total. The minimum absolute atomic E-state index is 0.248. The van der Waals surface area contributed by atoms with E-state index in [0.717, 1.165) is 11.0 Å². The van der Waals surface area contributed by atoms with Crippen LogP contribution >= 0.6 is 43.2 Å². The molecule has 0 saturated heterocycles. The Bertz CT molecular complexity index is 496. The number of halogens is 2. The lowest BCUT2D eigenvalue weighted by Gasteiger charge is -2.18. The molecule has 0 amide bonds. The van der Waals surface area contributed by atoms with Crippen LogP contribution in [0.4, 0.5) is 0 Å². The number of thiophene rings is 1. The van der Waals surface area contributed by atoms with Gasteiger partial charge in [0.15, 0.2) is 0 Å². The highest BCUT2D eigenvalue weighted by Crippen LogP contribution is 2.32. The molecule has 1 aromatic carbocycles. The fraction of sp³-hybridized carbons (Fsp3) is 0.231. The average molecular weight is 375 g/mol. The molecule has 4 heteroatoms. The van der Waals surface area contributed by atoms with Crippen LogP contribution in [0.2, 0.25) is 0 Å². The van der Waals surface area contributed by atoms with Gasteiger partial charge in [0.05, 0.1) is 6.04 Å². The second kappa shape index (κ2) is 6.14. The molecule has 1 unspecified atom stereocenters. The van der Waals surface area contributed by atoms with Crippen molar-refractivity contribution in [2.45, 2.75) is 13.0 Å². The van der Waals surface area contributed by atoms with E-state index in [2.05, 4.69) is 79.1 Å². The third kappa shape index (κ3) is 3.19. The van der Waals surface area contributed by atoms with Crippen molar-refractivity contribution < 1.29 is 0 Å². The first-order valence-electron chi connectivity index (χ1n) is 5.42. The summed E-state index contributed by atoms with van der Waals surface area (Å²) in [6.07, 6.45) is 0. The second-order valence-electron chi connectivity index (χ2n) is 3.72. The fourth-order valence-electron chi connectivity index (χ4n) is 1.79. The van der Waals surface area contributed by atoms with Crippen LogP contribution in [0.25, 0.3) is 0 Å². The minimum Gasteiger partial charge on any atom is -0.306 e. The molecule has 0 aliphatic carbocycles. The maximum absolute atomic E-state index is 3.61. The maximum Gasteiger partial charge on any atom is 0.0596 e. The van der Waals surface area contributed by atoms with Gasteiger partial charge in [-0.05, 0) is 51.1 Å². The van der Waals surface area contributed by atoms with Crippen LogP contribution in [0.5, 0.6) is 0 Å². The van der Waals surface area contributed by atoms with Crippen LogP contribution < -0.4 is 5.32 Å². The lowest BCUT2D eigenvalue weighted by Crippen LogP contribution is -2.21. The molecule has 0 aliphatic heterocycles. The molecule has 2 aromatic rings. The van der Waals surface area contributed by atoms with Crippen LogP contribution in [0, 0.1) is 0 Å². The molecular weight excluding hydrogens is 362 g/mol. The topological polar surface area (TPSA) is 12.0 Å². The molecule has 0 fully saturated rings. The van der Waals surface area contributed by atoms with E-state index in [1.807, 2.05) is 0 Å². The highest BCUT2D eigenvalue weighted by atomic mass is 79.9. The Morgan fingerprint density at radius 2 is 2.12 bits per heavy atom. The van der Waals surface area contributed by atoms with E-state index in [-0.39, 0.29) is 6.04 Å². The van der Waals surface area contributed by atoms with Crippen molar-refractivity contribution in [2.24, 2.45) is 0 Å².